The maximum absolute atomic E-state index is 12.4. The summed E-state index contributed by atoms with van der Waals surface area (Å²) in [5, 5.41) is 5.11. The maximum atomic E-state index is 12.4. The number of aromatic nitrogens is 2. The van der Waals surface area contributed by atoms with Crippen LogP contribution >= 0.6 is 11.6 Å². The van der Waals surface area contributed by atoms with Crippen LogP contribution in [0.25, 0.3) is 0 Å². The van der Waals surface area contributed by atoms with Crippen LogP contribution in [-0.2, 0) is 16.6 Å². The van der Waals surface area contributed by atoms with Crippen molar-refractivity contribution >= 4 is 28.1 Å². The Balaban J connectivity index is 1.74. The van der Waals surface area contributed by atoms with Gasteiger partial charge in [-0.2, -0.15) is 5.10 Å². The van der Waals surface area contributed by atoms with Crippen molar-refractivity contribution in [1.29, 1.82) is 0 Å². The molecule has 1 unspecified atom stereocenters. The average Bonchev–Trinajstić information content (AvgIpc) is 3.11. The number of anilines is 1. The van der Waals surface area contributed by atoms with Crippen LogP contribution in [0.3, 0.4) is 0 Å². The van der Waals surface area contributed by atoms with E-state index >= 15 is 0 Å². The molecular formula is C15H18ClN3OS. The van der Waals surface area contributed by atoms with Gasteiger partial charge in [0, 0.05) is 16.9 Å². The highest BCUT2D eigenvalue weighted by atomic mass is 35.5. The van der Waals surface area contributed by atoms with Crippen LogP contribution in [0.1, 0.15) is 37.4 Å². The molecule has 1 aromatic carbocycles. The maximum Gasteiger partial charge on any atom is 0.0753 e. The average molecular weight is 324 g/mol. The highest BCUT2D eigenvalue weighted by Gasteiger charge is 2.18. The molecule has 0 radical (unpaired) electrons. The SMILES string of the molecule is Nc1ccc(Cl)cc1S(=O)Cc1ccn(C2CCCC2)n1. The van der Waals surface area contributed by atoms with Crippen molar-refractivity contribution in [3.05, 3.63) is 41.2 Å². The first-order valence-electron chi connectivity index (χ1n) is 7.11. The highest BCUT2D eigenvalue weighted by molar-refractivity contribution is 7.84. The molecule has 1 aromatic heterocycles. The van der Waals surface area contributed by atoms with Crippen molar-refractivity contribution in [2.45, 2.75) is 42.4 Å². The third-order valence-corrected chi connectivity index (χ3v) is 5.50. The fourth-order valence-electron chi connectivity index (χ4n) is 2.74. The predicted molar refractivity (Wildman–Crippen MR) is 85.7 cm³/mol. The summed E-state index contributed by atoms with van der Waals surface area (Å²) in [7, 11) is -1.23. The molecule has 3 rings (SSSR count). The van der Waals surface area contributed by atoms with Crippen molar-refractivity contribution in [2.75, 3.05) is 5.73 Å². The molecule has 1 heterocycles. The third kappa shape index (κ3) is 3.30. The van der Waals surface area contributed by atoms with Gasteiger partial charge in [0.15, 0.2) is 0 Å². The van der Waals surface area contributed by atoms with Crippen LogP contribution in [0.5, 0.6) is 0 Å². The van der Waals surface area contributed by atoms with Gasteiger partial charge in [0.05, 0.1) is 33.2 Å². The van der Waals surface area contributed by atoms with Crippen molar-refractivity contribution < 1.29 is 4.21 Å². The molecule has 1 aliphatic carbocycles. The zero-order valence-electron chi connectivity index (χ0n) is 11.7. The normalized spacial score (nSPS) is 17.2. The fourth-order valence-corrected chi connectivity index (χ4v) is 4.15. The highest BCUT2D eigenvalue weighted by Crippen LogP contribution is 2.29. The molecule has 2 aromatic rings. The Bertz CT molecular complexity index is 665. The van der Waals surface area contributed by atoms with Crippen LogP contribution in [-0.4, -0.2) is 14.0 Å². The van der Waals surface area contributed by atoms with Gasteiger partial charge in [-0.15, -0.1) is 0 Å². The van der Waals surface area contributed by atoms with Crippen molar-refractivity contribution in [3.63, 3.8) is 0 Å². The van der Waals surface area contributed by atoms with E-state index in [1.54, 1.807) is 18.2 Å². The molecule has 1 saturated carbocycles. The van der Waals surface area contributed by atoms with Crippen molar-refractivity contribution in [1.82, 2.24) is 9.78 Å². The van der Waals surface area contributed by atoms with Crippen LogP contribution in [0.2, 0.25) is 5.02 Å². The van der Waals surface area contributed by atoms with Crippen LogP contribution in [0, 0.1) is 0 Å². The number of hydrogen-bond donors (Lipinski definition) is 1. The van der Waals surface area contributed by atoms with E-state index in [0.717, 1.165) is 5.69 Å². The van der Waals surface area contributed by atoms with Gasteiger partial charge in [-0.05, 0) is 37.1 Å². The van der Waals surface area contributed by atoms with Crippen molar-refractivity contribution in [3.8, 4) is 0 Å². The first-order valence-corrected chi connectivity index (χ1v) is 8.80. The molecular weight excluding hydrogens is 306 g/mol. The summed E-state index contributed by atoms with van der Waals surface area (Å²) < 4.78 is 14.5. The minimum atomic E-state index is -1.23. The molecule has 1 fully saturated rings. The topological polar surface area (TPSA) is 60.9 Å². The lowest BCUT2D eigenvalue weighted by Gasteiger charge is -2.09. The Labute approximate surface area is 131 Å². The first-order chi connectivity index (χ1) is 10.1. The summed E-state index contributed by atoms with van der Waals surface area (Å²) in [6.07, 6.45) is 6.90. The predicted octanol–water partition coefficient (Wildman–Crippen LogP) is 3.54. The molecule has 0 bridgehead atoms. The Kier molecular flexibility index (Phi) is 4.31. The summed E-state index contributed by atoms with van der Waals surface area (Å²) >= 11 is 5.94. The zero-order chi connectivity index (χ0) is 14.8. The van der Waals surface area contributed by atoms with Crippen LogP contribution in [0.4, 0.5) is 5.69 Å². The van der Waals surface area contributed by atoms with Crippen LogP contribution in [0.15, 0.2) is 35.4 Å². The van der Waals surface area contributed by atoms with Gasteiger partial charge in [0.2, 0.25) is 0 Å². The molecule has 21 heavy (non-hydrogen) atoms. The molecule has 0 aliphatic heterocycles. The molecule has 2 N–H and O–H groups in total. The molecule has 0 amide bonds. The molecule has 112 valence electrons. The van der Waals surface area contributed by atoms with Crippen molar-refractivity contribution in [2.24, 2.45) is 0 Å². The number of hydrogen-bond acceptors (Lipinski definition) is 3. The smallest absolute Gasteiger partial charge is 0.0753 e. The summed E-state index contributed by atoms with van der Waals surface area (Å²) in [6.45, 7) is 0. The minimum absolute atomic E-state index is 0.365. The molecule has 0 saturated heterocycles. The third-order valence-electron chi connectivity index (χ3n) is 3.86. The number of halogens is 1. The van der Waals surface area contributed by atoms with Crippen LogP contribution < -0.4 is 5.73 Å². The van der Waals surface area contributed by atoms with Gasteiger partial charge < -0.3 is 5.73 Å². The van der Waals surface area contributed by atoms with E-state index < -0.39 is 10.8 Å². The second-order valence-electron chi connectivity index (χ2n) is 5.40. The van der Waals surface area contributed by atoms with E-state index in [1.165, 1.54) is 25.7 Å². The molecule has 1 atom stereocenters. The van der Waals surface area contributed by atoms with E-state index in [-0.39, 0.29) is 0 Å². The zero-order valence-corrected chi connectivity index (χ0v) is 13.2. The summed E-state index contributed by atoms with van der Waals surface area (Å²) in [5.74, 6) is 0.365. The van der Waals surface area contributed by atoms with Gasteiger partial charge >= 0.3 is 0 Å². The fraction of sp³-hybridized carbons (Fsp3) is 0.400. The Morgan fingerprint density at radius 3 is 2.86 bits per heavy atom. The quantitative estimate of drug-likeness (QED) is 0.875. The van der Waals surface area contributed by atoms with Gasteiger partial charge in [0.1, 0.15) is 0 Å². The largest absolute Gasteiger partial charge is 0.398 e. The monoisotopic (exact) mass is 323 g/mol. The van der Waals surface area contributed by atoms with Gasteiger partial charge in [-0.25, -0.2) is 0 Å². The number of rotatable bonds is 4. The van der Waals surface area contributed by atoms with Gasteiger partial charge in [-0.3, -0.25) is 8.89 Å². The van der Waals surface area contributed by atoms with E-state index in [9.17, 15) is 4.21 Å². The lowest BCUT2D eigenvalue weighted by molar-refractivity contribution is 0.464. The number of benzene rings is 1. The number of nitrogens with zero attached hydrogens (tertiary/aromatic N) is 2. The number of nitrogen functional groups attached to an aromatic ring is 1. The van der Waals surface area contributed by atoms with E-state index in [1.807, 2.05) is 16.9 Å². The van der Waals surface area contributed by atoms with Gasteiger partial charge in [0.25, 0.3) is 0 Å². The lowest BCUT2D eigenvalue weighted by Crippen LogP contribution is -2.07. The first kappa shape index (κ1) is 14.6. The minimum Gasteiger partial charge on any atom is -0.398 e. The molecule has 4 nitrogen and oxygen atoms in total. The molecule has 6 heteroatoms. The summed E-state index contributed by atoms with van der Waals surface area (Å²) in [5.41, 5.74) is 7.21. The second kappa shape index (κ2) is 6.20. The molecule has 0 spiro atoms. The second-order valence-corrected chi connectivity index (χ2v) is 7.25. The van der Waals surface area contributed by atoms with E-state index in [2.05, 4.69) is 5.10 Å². The standard InChI is InChI=1S/C15H18ClN3OS/c16-11-5-6-14(17)15(9-11)21(20)10-12-7-8-19(18-12)13-3-1-2-4-13/h5-9,13H,1-4,10,17H2. The number of nitrogens with two attached hydrogens (primary N) is 1. The Hall–Kier alpha value is -1.33. The van der Waals surface area contributed by atoms with E-state index in [4.69, 9.17) is 17.3 Å². The Morgan fingerprint density at radius 1 is 1.33 bits per heavy atom. The molecule has 1 aliphatic rings. The lowest BCUT2D eigenvalue weighted by atomic mass is 10.3. The van der Waals surface area contributed by atoms with E-state index in [0.29, 0.717) is 27.4 Å². The van der Waals surface area contributed by atoms with Gasteiger partial charge in [-0.1, -0.05) is 24.4 Å². The summed E-state index contributed by atoms with van der Waals surface area (Å²) in [4.78, 5) is 0.581. The summed E-state index contributed by atoms with van der Waals surface area (Å²) in [6, 6.07) is 7.50. The Morgan fingerprint density at radius 2 is 2.10 bits per heavy atom.